The van der Waals surface area contributed by atoms with Gasteiger partial charge in [0.1, 0.15) is 11.4 Å². The Hall–Kier alpha value is -4.61. The van der Waals surface area contributed by atoms with Crippen LogP contribution in [0, 0.1) is 0 Å². The molecular weight excluding hydrogens is 560 g/mol. The number of nitrogens with zero attached hydrogens (tertiary/aromatic N) is 2. The number of sulfone groups is 1. The van der Waals surface area contributed by atoms with Gasteiger partial charge in [-0.05, 0) is 36.3 Å². The molecule has 2 aromatic carbocycles. The maximum atomic E-state index is 13.8. The molecule has 2 fully saturated rings. The second kappa shape index (κ2) is 11.3. The Morgan fingerprint density at radius 3 is 2.29 bits per heavy atom. The number of esters is 2. The number of aromatic nitrogens is 1. The smallest absolute Gasteiger partial charge is 0.338 e. The molecule has 1 N–H and O–H groups in total. The molecule has 3 heterocycles. The van der Waals surface area contributed by atoms with Crippen molar-refractivity contribution in [2.75, 3.05) is 13.2 Å². The van der Waals surface area contributed by atoms with Crippen LogP contribution in [0.4, 0.5) is 0 Å². The van der Waals surface area contributed by atoms with Crippen molar-refractivity contribution in [1.82, 2.24) is 9.88 Å². The number of hydrogen-bond donors (Lipinski definition) is 1. The minimum absolute atomic E-state index is 0.00201. The van der Waals surface area contributed by atoms with Gasteiger partial charge in [-0.1, -0.05) is 73.3 Å². The summed E-state index contributed by atoms with van der Waals surface area (Å²) >= 11 is 0. The number of hydrogen-bond acceptors (Lipinski definition) is 9. The van der Waals surface area contributed by atoms with E-state index in [-0.39, 0.29) is 23.4 Å². The lowest BCUT2D eigenvalue weighted by Crippen LogP contribution is -2.60. The van der Waals surface area contributed by atoms with Gasteiger partial charge in [-0.2, -0.15) is 0 Å². The van der Waals surface area contributed by atoms with Crippen LogP contribution in [0.5, 0.6) is 0 Å². The fourth-order valence-electron chi connectivity index (χ4n) is 5.19. The molecule has 0 spiro atoms. The summed E-state index contributed by atoms with van der Waals surface area (Å²) in [6.45, 7) is 3.79. The molecule has 2 aliphatic rings. The molecule has 0 bridgehead atoms. The maximum absolute atomic E-state index is 13.8. The molecule has 1 amide bonds. The molecule has 0 saturated carbocycles. The maximum Gasteiger partial charge on any atom is 0.338 e. The van der Waals surface area contributed by atoms with Crippen LogP contribution in [-0.4, -0.2) is 70.6 Å². The number of carbonyl (C=O) groups is 3. The first-order valence-corrected chi connectivity index (χ1v) is 14.6. The molecule has 0 aliphatic carbocycles. The lowest BCUT2D eigenvalue weighted by atomic mass is 9.94. The van der Waals surface area contributed by atoms with Crippen molar-refractivity contribution < 1.29 is 37.4 Å². The van der Waals surface area contributed by atoms with Crippen LogP contribution >= 0.6 is 0 Å². The van der Waals surface area contributed by atoms with E-state index in [0.717, 1.165) is 4.90 Å². The van der Waals surface area contributed by atoms with Gasteiger partial charge < -0.3 is 19.5 Å². The standard InChI is InChI=1S/C31H28N2O8S/c1-3-16-40-29(36)22-14-15-32-23(17-22)18-24-27(35)33-26(31(2,19-34)42(38,39)28(24)33)30(37)41-25(20-10-6-4-7-11-20)21-12-8-5-9-13-21/h3-15,17-18,25-26,28,34H,1,16,19H2,2H3/b24-18-/t26-,28?,31-/m0/s1. The van der Waals surface area contributed by atoms with Crippen LogP contribution in [0.15, 0.2) is 97.2 Å². The van der Waals surface area contributed by atoms with Gasteiger partial charge in [-0.3, -0.25) is 9.78 Å². The average Bonchev–Trinajstić information content (AvgIpc) is 3.18. The molecule has 1 unspecified atom stereocenters. The molecule has 3 atom stereocenters. The monoisotopic (exact) mass is 588 g/mol. The molecule has 1 aromatic heterocycles. The zero-order valence-electron chi connectivity index (χ0n) is 22.6. The van der Waals surface area contributed by atoms with E-state index in [1.807, 2.05) is 12.1 Å². The highest BCUT2D eigenvalue weighted by Gasteiger charge is 2.72. The SMILES string of the molecule is C=CCOC(=O)c1ccnc(/C=C2/C(=O)N3C2S(=O)(=O)[C@@](C)(CO)[C@@H]3C(=O)OC(c2ccccc2)c2ccccc2)c1. The predicted octanol–water partition coefficient (Wildman–Crippen LogP) is 2.86. The summed E-state index contributed by atoms with van der Waals surface area (Å²) in [5.74, 6) is -2.33. The molecule has 2 saturated heterocycles. The lowest BCUT2D eigenvalue weighted by Gasteiger charge is -2.39. The first kappa shape index (κ1) is 28.9. The van der Waals surface area contributed by atoms with Gasteiger partial charge in [-0.25, -0.2) is 18.0 Å². The number of amides is 1. The summed E-state index contributed by atoms with van der Waals surface area (Å²) in [5, 5.41) is 8.82. The molecule has 11 heteroatoms. The van der Waals surface area contributed by atoms with Gasteiger partial charge in [-0.15, -0.1) is 0 Å². The van der Waals surface area contributed by atoms with E-state index in [1.54, 1.807) is 48.5 Å². The van der Waals surface area contributed by atoms with Gasteiger partial charge in [0.2, 0.25) is 0 Å². The molecule has 0 radical (unpaired) electrons. The Balaban J connectivity index is 1.48. The number of aliphatic hydroxyl groups excluding tert-OH is 1. The van der Waals surface area contributed by atoms with Crippen molar-refractivity contribution >= 4 is 33.8 Å². The van der Waals surface area contributed by atoms with Crippen molar-refractivity contribution in [3.8, 4) is 0 Å². The van der Waals surface area contributed by atoms with Crippen LogP contribution in [0.3, 0.4) is 0 Å². The van der Waals surface area contributed by atoms with E-state index in [2.05, 4.69) is 11.6 Å². The summed E-state index contributed by atoms with van der Waals surface area (Å²) in [5.41, 5.74) is 1.44. The van der Waals surface area contributed by atoms with E-state index in [0.29, 0.717) is 11.1 Å². The number of benzene rings is 2. The highest BCUT2D eigenvalue weighted by atomic mass is 32.2. The molecular formula is C31H28N2O8S. The van der Waals surface area contributed by atoms with Gasteiger partial charge >= 0.3 is 11.9 Å². The number of β-lactam (4-membered cyclic amide) rings is 1. The Labute approximate surface area is 242 Å². The summed E-state index contributed by atoms with van der Waals surface area (Å²) in [6, 6.07) is 19.0. The third-order valence-electron chi connectivity index (χ3n) is 7.43. The number of aliphatic hydroxyl groups is 1. The molecule has 216 valence electrons. The summed E-state index contributed by atoms with van der Waals surface area (Å²) in [7, 11) is -4.32. The van der Waals surface area contributed by atoms with Gasteiger partial charge in [0, 0.05) is 6.20 Å². The van der Waals surface area contributed by atoms with Crippen LogP contribution in [0.1, 0.15) is 40.2 Å². The molecule has 42 heavy (non-hydrogen) atoms. The average molecular weight is 589 g/mol. The third kappa shape index (κ3) is 4.80. The minimum atomic E-state index is -4.32. The summed E-state index contributed by atoms with van der Waals surface area (Å²) in [6.07, 6.45) is 3.11. The fraction of sp³-hybridized carbons (Fsp3) is 0.226. The highest BCUT2D eigenvalue weighted by molar-refractivity contribution is 7.94. The minimum Gasteiger partial charge on any atom is -0.458 e. The van der Waals surface area contributed by atoms with Gasteiger partial charge in [0.05, 0.1) is 23.4 Å². The van der Waals surface area contributed by atoms with Crippen molar-refractivity contribution in [3.05, 3.63) is 120 Å². The first-order valence-electron chi connectivity index (χ1n) is 13.1. The Bertz CT molecular complexity index is 1630. The number of rotatable bonds is 9. The van der Waals surface area contributed by atoms with Crippen LogP contribution in [0.25, 0.3) is 6.08 Å². The normalized spacial score (nSPS) is 23.3. The number of ether oxygens (including phenoxy) is 2. The van der Waals surface area contributed by atoms with Crippen molar-refractivity contribution in [2.45, 2.75) is 29.2 Å². The number of carbonyl (C=O) groups excluding carboxylic acids is 3. The fourth-order valence-corrected chi connectivity index (χ4v) is 7.42. The molecule has 10 nitrogen and oxygen atoms in total. The number of pyridine rings is 1. The zero-order valence-corrected chi connectivity index (χ0v) is 23.4. The zero-order chi connectivity index (χ0) is 30.1. The molecule has 3 aromatic rings. The van der Waals surface area contributed by atoms with E-state index < -0.39 is 56.6 Å². The van der Waals surface area contributed by atoms with Crippen LogP contribution in [-0.2, 0) is 28.9 Å². The van der Waals surface area contributed by atoms with E-state index in [9.17, 15) is 27.9 Å². The summed E-state index contributed by atoms with van der Waals surface area (Å²) < 4.78 is 36.5. The van der Waals surface area contributed by atoms with Crippen LogP contribution < -0.4 is 0 Å². The third-order valence-corrected chi connectivity index (χ3v) is 10.2. The van der Waals surface area contributed by atoms with Crippen molar-refractivity contribution in [1.29, 1.82) is 0 Å². The van der Waals surface area contributed by atoms with E-state index >= 15 is 0 Å². The Morgan fingerprint density at radius 2 is 1.71 bits per heavy atom. The number of fused-ring (bicyclic) bond motifs is 1. The highest BCUT2D eigenvalue weighted by Crippen LogP contribution is 2.49. The van der Waals surface area contributed by atoms with Gasteiger partial charge in [0.15, 0.2) is 27.4 Å². The lowest BCUT2D eigenvalue weighted by molar-refractivity contribution is -0.161. The Morgan fingerprint density at radius 1 is 1.10 bits per heavy atom. The topological polar surface area (TPSA) is 140 Å². The summed E-state index contributed by atoms with van der Waals surface area (Å²) in [4.78, 5) is 44.5. The van der Waals surface area contributed by atoms with Crippen molar-refractivity contribution in [2.24, 2.45) is 0 Å². The molecule has 5 rings (SSSR count). The largest absolute Gasteiger partial charge is 0.458 e. The second-order valence-corrected chi connectivity index (χ2v) is 12.5. The first-order chi connectivity index (χ1) is 20.1. The van der Waals surface area contributed by atoms with Crippen LogP contribution in [0.2, 0.25) is 0 Å². The predicted molar refractivity (Wildman–Crippen MR) is 152 cm³/mol. The second-order valence-electron chi connectivity index (χ2n) is 10.1. The molecule has 2 aliphatic heterocycles. The van der Waals surface area contributed by atoms with Crippen molar-refractivity contribution in [3.63, 3.8) is 0 Å². The Kier molecular flexibility index (Phi) is 7.81. The van der Waals surface area contributed by atoms with Gasteiger partial charge in [0.25, 0.3) is 5.91 Å². The quantitative estimate of drug-likeness (QED) is 0.173. The van der Waals surface area contributed by atoms with E-state index in [4.69, 9.17) is 9.47 Å². The van der Waals surface area contributed by atoms with E-state index in [1.165, 1.54) is 37.4 Å².